The maximum absolute atomic E-state index is 6.09. The number of hydrogen-bond donors (Lipinski definition) is 1. The first-order valence-corrected chi connectivity index (χ1v) is 8.49. The molecule has 1 saturated heterocycles. The van der Waals surface area contributed by atoms with Crippen LogP contribution in [0.5, 0.6) is 0 Å². The first kappa shape index (κ1) is 14.6. The lowest BCUT2D eigenvalue weighted by atomic mass is 9.89. The summed E-state index contributed by atoms with van der Waals surface area (Å²) < 4.78 is 7.83. The second kappa shape index (κ2) is 5.92. The van der Waals surface area contributed by atoms with Gasteiger partial charge in [0.05, 0.1) is 11.3 Å². The Bertz CT molecular complexity index is 660. The van der Waals surface area contributed by atoms with Crippen LogP contribution in [0, 0.1) is 6.92 Å². The van der Waals surface area contributed by atoms with Crippen LogP contribution in [-0.2, 0) is 4.74 Å². The average molecular weight is 313 g/mol. The van der Waals surface area contributed by atoms with Crippen molar-refractivity contribution in [2.24, 2.45) is 0 Å². The van der Waals surface area contributed by atoms with E-state index in [1.54, 1.807) is 4.68 Å². The van der Waals surface area contributed by atoms with Gasteiger partial charge in [0.2, 0.25) is 0 Å². The van der Waals surface area contributed by atoms with Gasteiger partial charge in [-0.05, 0) is 50.8 Å². The van der Waals surface area contributed by atoms with Crippen molar-refractivity contribution in [3.05, 3.63) is 30.1 Å². The molecule has 6 nitrogen and oxygen atoms in total. The van der Waals surface area contributed by atoms with Crippen LogP contribution in [0.1, 0.15) is 44.2 Å². The van der Waals surface area contributed by atoms with E-state index in [-0.39, 0.29) is 5.60 Å². The zero-order valence-corrected chi connectivity index (χ0v) is 13.5. The van der Waals surface area contributed by atoms with Crippen LogP contribution in [0.25, 0.3) is 5.82 Å². The van der Waals surface area contributed by atoms with E-state index in [1.807, 2.05) is 31.3 Å². The molecule has 1 aliphatic heterocycles. The van der Waals surface area contributed by atoms with Crippen LogP contribution in [0.3, 0.4) is 0 Å². The minimum Gasteiger partial charge on any atom is -0.375 e. The van der Waals surface area contributed by atoms with E-state index in [0.29, 0.717) is 6.04 Å². The molecule has 23 heavy (non-hydrogen) atoms. The van der Waals surface area contributed by atoms with E-state index in [1.165, 1.54) is 25.7 Å². The average Bonchev–Trinajstić information content (AvgIpc) is 3.18. The molecule has 0 amide bonds. The molecule has 0 radical (unpaired) electrons. The van der Waals surface area contributed by atoms with E-state index >= 15 is 0 Å². The molecule has 1 saturated carbocycles. The first-order valence-electron chi connectivity index (χ1n) is 8.49. The predicted octanol–water partition coefficient (Wildman–Crippen LogP) is 2.87. The Hall–Kier alpha value is -1.95. The SMILES string of the molecule is Cc1ccn(-c2ccc(N[C@H]3CCOC4(CCCC4)C3)nn2)n1. The van der Waals surface area contributed by atoms with Crippen LogP contribution >= 0.6 is 0 Å². The molecule has 0 bridgehead atoms. The van der Waals surface area contributed by atoms with Crippen molar-refractivity contribution in [2.75, 3.05) is 11.9 Å². The van der Waals surface area contributed by atoms with Crippen molar-refractivity contribution in [3.63, 3.8) is 0 Å². The smallest absolute Gasteiger partial charge is 0.175 e. The molecule has 2 aliphatic rings. The third kappa shape index (κ3) is 3.08. The maximum Gasteiger partial charge on any atom is 0.175 e. The molecule has 2 aromatic heterocycles. The van der Waals surface area contributed by atoms with Gasteiger partial charge in [-0.1, -0.05) is 12.8 Å². The van der Waals surface area contributed by atoms with E-state index in [4.69, 9.17) is 4.74 Å². The highest BCUT2D eigenvalue weighted by Crippen LogP contribution is 2.40. The maximum atomic E-state index is 6.09. The van der Waals surface area contributed by atoms with Gasteiger partial charge in [0, 0.05) is 18.8 Å². The highest BCUT2D eigenvalue weighted by Gasteiger charge is 2.39. The highest BCUT2D eigenvalue weighted by atomic mass is 16.5. The fourth-order valence-electron chi connectivity index (χ4n) is 3.79. The Labute approximate surface area is 136 Å². The summed E-state index contributed by atoms with van der Waals surface area (Å²) in [5.41, 5.74) is 1.09. The standard InChI is InChI=1S/C17H23N5O/c1-13-6-10-22(21-13)16-5-4-15(19-20-16)18-14-7-11-23-17(12-14)8-2-3-9-17/h4-6,10,14H,2-3,7-9,11-12H2,1H3,(H,18,19)/t14-/m0/s1. The molecule has 1 N–H and O–H groups in total. The van der Waals surface area contributed by atoms with Gasteiger partial charge < -0.3 is 10.1 Å². The number of rotatable bonds is 3. The molecule has 6 heteroatoms. The summed E-state index contributed by atoms with van der Waals surface area (Å²) in [6.07, 6.45) is 9.00. The van der Waals surface area contributed by atoms with Crippen LogP contribution < -0.4 is 5.32 Å². The van der Waals surface area contributed by atoms with E-state index < -0.39 is 0 Å². The zero-order chi connectivity index (χ0) is 15.7. The van der Waals surface area contributed by atoms with E-state index in [0.717, 1.165) is 36.8 Å². The predicted molar refractivity (Wildman–Crippen MR) is 87.7 cm³/mol. The van der Waals surface area contributed by atoms with Gasteiger partial charge in [0.25, 0.3) is 0 Å². The number of ether oxygens (including phenoxy) is 1. The number of hydrogen-bond acceptors (Lipinski definition) is 5. The van der Waals surface area contributed by atoms with Crippen LogP contribution in [-0.4, -0.2) is 38.2 Å². The van der Waals surface area contributed by atoms with E-state index in [9.17, 15) is 0 Å². The first-order chi connectivity index (χ1) is 11.2. The summed E-state index contributed by atoms with van der Waals surface area (Å²) in [5, 5.41) is 16.5. The highest BCUT2D eigenvalue weighted by molar-refractivity contribution is 5.37. The van der Waals surface area contributed by atoms with Crippen molar-refractivity contribution in [1.29, 1.82) is 0 Å². The third-order valence-electron chi connectivity index (χ3n) is 4.97. The molecule has 2 fully saturated rings. The number of aryl methyl sites for hydroxylation is 1. The van der Waals surface area contributed by atoms with Crippen molar-refractivity contribution >= 4 is 5.82 Å². The van der Waals surface area contributed by atoms with Crippen LogP contribution in [0.4, 0.5) is 5.82 Å². The Morgan fingerprint density at radius 3 is 2.78 bits per heavy atom. The normalized spacial score (nSPS) is 23.3. The Balaban J connectivity index is 1.42. The molecule has 2 aromatic rings. The molecule has 1 aliphatic carbocycles. The summed E-state index contributed by atoms with van der Waals surface area (Å²) in [6.45, 7) is 2.81. The van der Waals surface area contributed by atoms with Crippen molar-refractivity contribution in [3.8, 4) is 5.82 Å². The Morgan fingerprint density at radius 1 is 1.22 bits per heavy atom. The molecular weight excluding hydrogens is 290 g/mol. The van der Waals surface area contributed by atoms with Gasteiger partial charge in [-0.15, -0.1) is 10.2 Å². The van der Waals surface area contributed by atoms with Gasteiger partial charge in [0.1, 0.15) is 5.82 Å². The fourth-order valence-corrected chi connectivity index (χ4v) is 3.79. The van der Waals surface area contributed by atoms with Crippen molar-refractivity contribution in [1.82, 2.24) is 20.0 Å². The lowest BCUT2D eigenvalue weighted by Gasteiger charge is -2.38. The van der Waals surface area contributed by atoms with Crippen LogP contribution in [0.2, 0.25) is 0 Å². The number of anilines is 1. The quantitative estimate of drug-likeness (QED) is 0.944. The third-order valence-corrected chi connectivity index (χ3v) is 4.97. The molecule has 0 unspecified atom stereocenters. The molecular formula is C17H23N5O. The summed E-state index contributed by atoms with van der Waals surface area (Å²) in [5.74, 6) is 1.57. The lowest BCUT2D eigenvalue weighted by molar-refractivity contribution is -0.0767. The molecule has 122 valence electrons. The second-order valence-corrected chi connectivity index (χ2v) is 6.75. The van der Waals surface area contributed by atoms with Crippen LogP contribution in [0.15, 0.2) is 24.4 Å². The molecule has 0 aromatic carbocycles. The summed E-state index contributed by atoms with van der Waals surface area (Å²) in [6, 6.07) is 6.31. The number of nitrogens with zero attached hydrogens (tertiary/aromatic N) is 4. The van der Waals surface area contributed by atoms with Crippen molar-refractivity contribution < 1.29 is 4.74 Å². The molecule has 1 spiro atoms. The molecule has 3 heterocycles. The van der Waals surface area contributed by atoms with Gasteiger partial charge >= 0.3 is 0 Å². The zero-order valence-electron chi connectivity index (χ0n) is 13.5. The van der Waals surface area contributed by atoms with Crippen molar-refractivity contribution in [2.45, 2.75) is 57.1 Å². The Morgan fingerprint density at radius 2 is 2.09 bits per heavy atom. The summed E-state index contributed by atoms with van der Waals surface area (Å²) >= 11 is 0. The monoisotopic (exact) mass is 313 g/mol. The topological polar surface area (TPSA) is 64.9 Å². The number of nitrogens with one attached hydrogen (secondary N) is 1. The second-order valence-electron chi connectivity index (χ2n) is 6.75. The number of aromatic nitrogens is 4. The summed E-state index contributed by atoms with van der Waals surface area (Å²) in [7, 11) is 0. The molecule has 1 atom stereocenters. The molecule has 4 rings (SSSR count). The van der Waals surface area contributed by atoms with Gasteiger partial charge in [0.15, 0.2) is 5.82 Å². The fraction of sp³-hybridized carbons (Fsp3) is 0.588. The minimum atomic E-state index is 0.121. The largest absolute Gasteiger partial charge is 0.375 e. The summed E-state index contributed by atoms with van der Waals surface area (Å²) in [4.78, 5) is 0. The van der Waals surface area contributed by atoms with Gasteiger partial charge in [-0.25, -0.2) is 4.68 Å². The van der Waals surface area contributed by atoms with E-state index in [2.05, 4.69) is 20.6 Å². The van der Waals surface area contributed by atoms with Gasteiger partial charge in [-0.2, -0.15) is 5.10 Å². The Kier molecular flexibility index (Phi) is 3.77. The lowest BCUT2D eigenvalue weighted by Crippen LogP contribution is -2.42. The minimum absolute atomic E-state index is 0.121. The van der Waals surface area contributed by atoms with Gasteiger partial charge in [-0.3, -0.25) is 0 Å².